The Labute approximate surface area is 159 Å². The van der Waals surface area contributed by atoms with Crippen molar-refractivity contribution in [2.45, 2.75) is 25.5 Å². The number of carbonyl (C=O) groups is 1. The Morgan fingerprint density at radius 1 is 1.46 bits per heavy atom. The van der Waals surface area contributed by atoms with Crippen molar-refractivity contribution in [3.05, 3.63) is 36.6 Å². The first-order chi connectivity index (χ1) is 12.6. The third-order valence-corrected chi connectivity index (χ3v) is 6.01. The zero-order chi connectivity index (χ0) is 18.5. The lowest BCUT2D eigenvalue weighted by Crippen LogP contribution is -2.39. The minimum absolute atomic E-state index is 0.0169. The Morgan fingerprint density at radius 3 is 3.04 bits per heavy atom. The maximum absolute atomic E-state index is 12.6. The van der Waals surface area contributed by atoms with Gasteiger partial charge in [-0.1, -0.05) is 17.3 Å². The molecule has 0 unspecified atom stereocenters. The Balaban J connectivity index is 1.62. The van der Waals surface area contributed by atoms with Crippen LogP contribution in [0.2, 0.25) is 0 Å². The number of H-pyrrole nitrogens is 1. The summed E-state index contributed by atoms with van der Waals surface area (Å²) in [5.74, 6) is 5.52. The summed E-state index contributed by atoms with van der Waals surface area (Å²) < 4.78 is 5.44. The molecule has 0 saturated carbocycles. The molecule has 0 aromatic carbocycles. The van der Waals surface area contributed by atoms with Gasteiger partial charge in [-0.15, -0.1) is 17.3 Å². The van der Waals surface area contributed by atoms with Crippen molar-refractivity contribution in [1.29, 1.82) is 0 Å². The van der Waals surface area contributed by atoms with Gasteiger partial charge in [0.25, 0.3) is 5.91 Å². The van der Waals surface area contributed by atoms with Gasteiger partial charge in [-0.2, -0.15) is 5.10 Å². The second-order valence-electron chi connectivity index (χ2n) is 6.04. The van der Waals surface area contributed by atoms with E-state index in [0.717, 1.165) is 34.3 Å². The molecule has 1 amide bonds. The van der Waals surface area contributed by atoms with Crippen LogP contribution >= 0.6 is 22.7 Å². The summed E-state index contributed by atoms with van der Waals surface area (Å²) in [6.07, 6.45) is 0. The van der Waals surface area contributed by atoms with Crippen LogP contribution in [-0.4, -0.2) is 53.8 Å². The molecule has 2 aromatic heterocycles. The lowest BCUT2D eigenvalue weighted by atomic mass is 10.0. The van der Waals surface area contributed by atoms with Crippen LogP contribution in [0.3, 0.4) is 0 Å². The van der Waals surface area contributed by atoms with Crippen LogP contribution in [0.25, 0.3) is 0 Å². The van der Waals surface area contributed by atoms with E-state index in [1.54, 1.807) is 6.92 Å². The van der Waals surface area contributed by atoms with Crippen LogP contribution < -0.4 is 10.2 Å². The second-order valence-corrected chi connectivity index (χ2v) is 8.21. The molecule has 7 nitrogen and oxygen atoms in total. The molecule has 2 N–H and O–H groups in total. The van der Waals surface area contributed by atoms with Crippen molar-refractivity contribution in [1.82, 2.24) is 20.4 Å². The number of likely N-dealkylation sites (tertiary alicyclic amines) is 1. The molecule has 9 heteroatoms. The fourth-order valence-corrected chi connectivity index (χ4v) is 4.50. The predicted molar refractivity (Wildman–Crippen MR) is 102 cm³/mol. The number of hydrogen-bond donors (Lipinski definition) is 2. The number of ether oxygens (including phenoxy) is 1. The Kier molecular flexibility index (Phi) is 6.21. The summed E-state index contributed by atoms with van der Waals surface area (Å²) in [5.41, 5.74) is 0. The minimum atomic E-state index is -0.171. The summed E-state index contributed by atoms with van der Waals surface area (Å²) in [6.45, 7) is 4.09. The number of nitrogens with zero attached hydrogens (tertiary/aromatic N) is 2. The minimum Gasteiger partial charge on any atom is -0.363 e. The lowest BCUT2D eigenvalue weighted by Gasteiger charge is -2.17. The van der Waals surface area contributed by atoms with Crippen LogP contribution in [0, 0.1) is 11.8 Å². The molecule has 0 radical (unpaired) electrons. The third-order valence-electron chi connectivity index (χ3n) is 4.07. The van der Waals surface area contributed by atoms with Crippen molar-refractivity contribution in [2.24, 2.45) is 0 Å². The van der Waals surface area contributed by atoms with Gasteiger partial charge in [0.1, 0.15) is 11.6 Å². The molecule has 138 valence electrons. The molecule has 2 aromatic rings. The van der Waals surface area contributed by atoms with E-state index in [9.17, 15) is 9.59 Å². The summed E-state index contributed by atoms with van der Waals surface area (Å²) >= 11 is 2.52. The summed E-state index contributed by atoms with van der Waals surface area (Å²) in [5, 5.41) is 10.4. The summed E-state index contributed by atoms with van der Waals surface area (Å²) in [6, 6.07) is 3.63. The van der Waals surface area contributed by atoms with E-state index in [2.05, 4.69) is 32.3 Å². The quantitative estimate of drug-likeness (QED) is 0.571. The molecular formula is C17H20N4O3S2. The zero-order valence-electron chi connectivity index (χ0n) is 14.6. The number of aromatic amines is 1. The lowest BCUT2D eigenvalue weighted by molar-refractivity contribution is 0.0939. The number of hydrogen-bond acceptors (Lipinski definition) is 7. The molecule has 1 saturated heterocycles. The molecule has 0 spiro atoms. The van der Waals surface area contributed by atoms with Crippen LogP contribution in [-0.2, 0) is 11.3 Å². The van der Waals surface area contributed by atoms with Gasteiger partial charge in [0, 0.05) is 23.9 Å². The molecular weight excluding hydrogens is 372 g/mol. The average Bonchev–Trinajstić information content (AvgIpc) is 3.32. The number of thiophene rings is 1. The highest BCUT2D eigenvalue weighted by molar-refractivity contribution is 7.14. The van der Waals surface area contributed by atoms with Crippen LogP contribution in [0.15, 0.2) is 16.9 Å². The number of rotatable bonds is 6. The Hall–Kier alpha value is -1.99. The molecule has 1 aliphatic heterocycles. The highest BCUT2D eigenvalue weighted by atomic mass is 32.1. The Bertz CT molecular complexity index is 876. The number of likely N-dealkylation sites (N-methyl/N-ethyl adjacent to an activating group) is 1. The normalized spacial score (nSPS) is 19.9. The largest absolute Gasteiger partial charge is 0.363 e. The van der Waals surface area contributed by atoms with Gasteiger partial charge in [0.15, 0.2) is 0 Å². The van der Waals surface area contributed by atoms with Crippen molar-refractivity contribution in [3.63, 3.8) is 0 Å². The molecule has 3 rings (SSSR count). The molecule has 1 aliphatic rings. The number of aromatic nitrogens is 2. The van der Waals surface area contributed by atoms with E-state index in [0.29, 0.717) is 18.1 Å². The second kappa shape index (κ2) is 8.60. The van der Waals surface area contributed by atoms with Crippen molar-refractivity contribution in [2.75, 3.05) is 26.7 Å². The maximum atomic E-state index is 12.6. The van der Waals surface area contributed by atoms with E-state index < -0.39 is 0 Å². The Morgan fingerprint density at radius 2 is 2.31 bits per heavy atom. The third kappa shape index (κ3) is 4.59. The topological polar surface area (TPSA) is 87.3 Å². The molecule has 1 fully saturated rings. The first-order valence-electron chi connectivity index (χ1n) is 8.17. The molecule has 3 heterocycles. The van der Waals surface area contributed by atoms with Crippen LogP contribution in [0.1, 0.15) is 32.4 Å². The van der Waals surface area contributed by atoms with Crippen LogP contribution in [0.4, 0.5) is 0 Å². The maximum Gasteiger partial charge on any atom is 0.322 e. The average molecular weight is 393 g/mol. The van der Waals surface area contributed by atoms with E-state index >= 15 is 0 Å². The van der Waals surface area contributed by atoms with E-state index in [1.807, 2.05) is 19.2 Å². The highest BCUT2D eigenvalue weighted by Gasteiger charge is 2.35. The van der Waals surface area contributed by atoms with Gasteiger partial charge in [0.2, 0.25) is 0 Å². The first kappa shape index (κ1) is 18.8. The SMILES string of the molecule is CC#CCOCc1ccc(C(=O)N[C@@H]2CN(C)C[C@@H]2c2n[nH]c(=O)s2)s1. The molecule has 2 atom stereocenters. The summed E-state index contributed by atoms with van der Waals surface area (Å²) in [7, 11) is 1.99. The van der Waals surface area contributed by atoms with E-state index in [1.165, 1.54) is 11.3 Å². The van der Waals surface area contributed by atoms with Gasteiger partial charge in [-0.05, 0) is 26.1 Å². The van der Waals surface area contributed by atoms with E-state index in [4.69, 9.17) is 4.74 Å². The van der Waals surface area contributed by atoms with Gasteiger partial charge < -0.3 is 15.0 Å². The smallest absolute Gasteiger partial charge is 0.322 e. The molecule has 26 heavy (non-hydrogen) atoms. The first-order valence-corrected chi connectivity index (χ1v) is 9.81. The number of amides is 1. The van der Waals surface area contributed by atoms with Gasteiger partial charge >= 0.3 is 4.87 Å². The fraction of sp³-hybridized carbons (Fsp3) is 0.471. The number of nitrogens with one attached hydrogen (secondary N) is 2. The van der Waals surface area contributed by atoms with Crippen LogP contribution in [0.5, 0.6) is 0 Å². The van der Waals surface area contributed by atoms with Crippen molar-refractivity contribution in [3.8, 4) is 11.8 Å². The van der Waals surface area contributed by atoms with E-state index in [-0.39, 0.29) is 22.7 Å². The van der Waals surface area contributed by atoms with Gasteiger partial charge in [0.05, 0.1) is 17.5 Å². The predicted octanol–water partition coefficient (Wildman–Crippen LogP) is 1.26. The zero-order valence-corrected chi connectivity index (χ0v) is 16.2. The van der Waals surface area contributed by atoms with Gasteiger partial charge in [-0.3, -0.25) is 9.59 Å². The van der Waals surface area contributed by atoms with Gasteiger partial charge in [-0.25, -0.2) is 5.10 Å². The molecule has 0 bridgehead atoms. The fourth-order valence-electron chi connectivity index (χ4n) is 2.89. The summed E-state index contributed by atoms with van der Waals surface area (Å²) in [4.78, 5) is 27.6. The van der Waals surface area contributed by atoms with Crippen molar-refractivity contribution < 1.29 is 9.53 Å². The standard InChI is InChI=1S/C17H20N4O3S2/c1-3-4-7-24-10-11-5-6-14(25-11)15(22)18-13-9-21(2)8-12(13)16-19-20-17(23)26-16/h5-6,12-13H,7-10H2,1-2H3,(H,18,22)(H,20,23)/t12-,13+/m0/s1. The van der Waals surface area contributed by atoms with Crippen molar-refractivity contribution >= 4 is 28.6 Å². The monoisotopic (exact) mass is 392 g/mol. The highest BCUT2D eigenvalue weighted by Crippen LogP contribution is 2.27. The molecule has 0 aliphatic carbocycles. The number of carbonyl (C=O) groups excluding carboxylic acids is 1.